The maximum atomic E-state index is 13.1. The normalized spacial score (nSPS) is 12.9. The van der Waals surface area contributed by atoms with Gasteiger partial charge in [-0.1, -0.05) is 31.2 Å². The van der Waals surface area contributed by atoms with E-state index in [1.54, 1.807) is 13.0 Å². The third-order valence-corrected chi connectivity index (χ3v) is 4.45. The van der Waals surface area contributed by atoms with Crippen molar-refractivity contribution >= 4 is 6.29 Å². The third-order valence-electron chi connectivity index (χ3n) is 4.45. The van der Waals surface area contributed by atoms with Crippen molar-refractivity contribution in [2.24, 2.45) is 0 Å². The second-order valence-electron chi connectivity index (χ2n) is 6.12. The molecule has 152 valence electrons. The van der Waals surface area contributed by atoms with E-state index in [-0.39, 0.29) is 11.1 Å². The Bertz CT molecular complexity index is 857. The van der Waals surface area contributed by atoms with Gasteiger partial charge in [0, 0.05) is 11.1 Å². The Kier molecular flexibility index (Phi) is 5.91. The summed E-state index contributed by atoms with van der Waals surface area (Å²) in [6, 6.07) is 6.48. The van der Waals surface area contributed by atoms with Crippen molar-refractivity contribution in [1.29, 1.82) is 0 Å². The van der Waals surface area contributed by atoms with Gasteiger partial charge in [0.05, 0.1) is 6.61 Å². The van der Waals surface area contributed by atoms with Gasteiger partial charge in [-0.25, -0.2) is 0 Å². The van der Waals surface area contributed by atoms with Crippen LogP contribution in [0.5, 0.6) is 0 Å². The van der Waals surface area contributed by atoms with Crippen LogP contribution in [0.2, 0.25) is 0 Å². The Hall–Kier alpha value is -2.39. The predicted molar refractivity (Wildman–Crippen MR) is 88.6 cm³/mol. The summed E-state index contributed by atoms with van der Waals surface area (Å²) in [5.74, 6) is 0. The Balaban J connectivity index is 2.70. The van der Waals surface area contributed by atoms with Gasteiger partial charge in [-0.15, -0.1) is 0 Å². The van der Waals surface area contributed by atoms with Crippen molar-refractivity contribution in [2.75, 3.05) is 0 Å². The summed E-state index contributed by atoms with van der Waals surface area (Å²) >= 11 is 0. The van der Waals surface area contributed by atoms with E-state index in [2.05, 4.69) is 0 Å². The summed E-state index contributed by atoms with van der Waals surface area (Å²) in [5.41, 5.74) is -5.11. The molecular weight excluding hydrogens is 390 g/mol. The number of aldehydes is 1. The Morgan fingerprint density at radius 1 is 0.893 bits per heavy atom. The molecule has 2 aromatic carbocycles. The molecule has 2 rings (SSSR count). The van der Waals surface area contributed by atoms with Crippen molar-refractivity contribution in [1.82, 2.24) is 0 Å². The Morgan fingerprint density at radius 3 is 1.89 bits per heavy atom. The van der Waals surface area contributed by atoms with Crippen LogP contribution in [0.15, 0.2) is 36.4 Å². The van der Waals surface area contributed by atoms with Gasteiger partial charge in [-0.05, 0) is 40.8 Å². The standard InChI is InChI=1S/C19H16F6O3/c1-2-12-7-11(9-26)3-5-15(12)16-6-4-14(8-13(16)10-27)17(28,18(20,21)22)19(23,24)25/h3-9,27-28H,2,10H2,1H3. The highest BCUT2D eigenvalue weighted by Gasteiger charge is 2.71. The summed E-state index contributed by atoms with van der Waals surface area (Å²) in [6.07, 6.45) is -11.0. The first-order valence-electron chi connectivity index (χ1n) is 8.09. The molecule has 0 aromatic heterocycles. The van der Waals surface area contributed by atoms with Crippen LogP contribution in [0.25, 0.3) is 11.1 Å². The average Bonchev–Trinajstić information content (AvgIpc) is 2.64. The average molecular weight is 406 g/mol. The first-order chi connectivity index (χ1) is 12.9. The number of carbonyl (C=O) groups is 1. The summed E-state index contributed by atoms with van der Waals surface area (Å²) in [5, 5.41) is 19.1. The van der Waals surface area contributed by atoms with E-state index in [9.17, 15) is 41.4 Å². The topological polar surface area (TPSA) is 57.5 Å². The minimum atomic E-state index is -6.01. The number of hydrogen-bond donors (Lipinski definition) is 2. The molecule has 3 nitrogen and oxygen atoms in total. The number of alkyl halides is 6. The molecule has 0 saturated heterocycles. The fourth-order valence-corrected chi connectivity index (χ4v) is 2.94. The van der Waals surface area contributed by atoms with Crippen LogP contribution in [0.3, 0.4) is 0 Å². The monoisotopic (exact) mass is 406 g/mol. The lowest BCUT2D eigenvalue weighted by Gasteiger charge is -2.33. The van der Waals surface area contributed by atoms with E-state index in [4.69, 9.17) is 0 Å². The summed E-state index contributed by atoms with van der Waals surface area (Å²) in [6.45, 7) is 0.903. The number of rotatable bonds is 5. The van der Waals surface area contributed by atoms with E-state index in [0.717, 1.165) is 6.07 Å². The molecule has 0 saturated carbocycles. The molecule has 0 aliphatic carbocycles. The van der Waals surface area contributed by atoms with Gasteiger partial charge in [-0.3, -0.25) is 4.79 Å². The zero-order chi connectivity index (χ0) is 21.3. The molecule has 0 heterocycles. The Morgan fingerprint density at radius 2 is 1.43 bits per heavy atom. The second-order valence-corrected chi connectivity index (χ2v) is 6.12. The Labute approximate surface area is 156 Å². The fraction of sp³-hybridized carbons (Fsp3) is 0.316. The van der Waals surface area contributed by atoms with Crippen molar-refractivity contribution in [3.8, 4) is 11.1 Å². The van der Waals surface area contributed by atoms with Crippen LogP contribution >= 0.6 is 0 Å². The van der Waals surface area contributed by atoms with Gasteiger partial charge < -0.3 is 10.2 Å². The molecule has 0 aliphatic rings. The lowest BCUT2D eigenvalue weighted by Crippen LogP contribution is -2.53. The third kappa shape index (κ3) is 3.64. The van der Waals surface area contributed by atoms with E-state index in [1.165, 1.54) is 12.1 Å². The van der Waals surface area contributed by atoms with Crippen molar-refractivity contribution in [2.45, 2.75) is 37.9 Å². The van der Waals surface area contributed by atoms with Gasteiger partial charge >= 0.3 is 12.4 Å². The highest BCUT2D eigenvalue weighted by molar-refractivity contribution is 5.79. The van der Waals surface area contributed by atoms with Gasteiger partial charge in [0.25, 0.3) is 5.60 Å². The zero-order valence-electron chi connectivity index (χ0n) is 14.5. The highest BCUT2D eigenvalue weighted by atomic mass is 19.4. The second kappa shape index (κ2) is 7.56. The summed E-state index contributed by atoms with van der Waals surface area (Å²) in [7, 11) is 0. The van der Waals surface area contributed by atoms with Gasteiger partial charge in [0.2, 0.25) is 0 Å². The molecule has 0 unspecified atom stereocenters. The van der Waals surface area contributed by atoms with Crippen molar-refractivity contribution in [3.05, 3.63) is 58.7 Å². The lowest BCUT2D eigenvalue weighted by molar-refractivity contribution is -0.376. The van der Waals surface area contributed by atoms with Crippen molar-refractivity contribution < 1.29 is 41.4 Å². The SMILES string of the molecule is CCc1cc(C=O)ccc1-c1ccc(C(O)(C(F)(F)F)C(F)(F)F)cc1CO. The maximum Gasteiger partial charge on any atom is 0.430 e. The van der Waals surface area contributed by atoms with E-state index >= 15 is 0 Å². The fourth-order valence-electron chi connectivity index (χ4n) is 2.94. The number of aryl methyl sites for hydroxylation is 1. The van der Waals surface area contributed by atoms with E-state index < -0.39 is 30.1 Å². The number of carbonyl (C=O) groups excluding carboxylic acids is 1. The first-order valence-corrected chi connectivity index (χ1v) is 8.09. The molecule has 0 atom stereocenters. The molecule has 0 fully saturated rings. The summed E-state index contributed by atoms with van der Waals surface area (Å²) < 4.78 is 78.5. The number of aliphatic hydroxyl groups excluding tert-OH is 1. The molecule has 0 aliphatic heterocycles. The molecule has 28 heavy (non-hydrogen) atoms. The molecule has 0 amide bonds. The van der Waals surface area contributed by atoms with Crippen LogP contribution in [0.4, 0.5) is 26.3 Å². The van der Waals surface area contributed by atoms with Crippen LogP contribution < -0.4 is 0 Å². The van der Waals surface area contributed by atoms with Crippen LogP contribution in [-0.2, 0) is 18.6 Å². The largest absolute Gasteiger partial charge is 0.430 e. The zero-order valence-corrected chi connectivity index (χ0v) is 14.5. The number of hydrogen-bond acceptors (Lipinski definition) is 3. The minimum Gasteiger partial charge on any atom is -0.392 e. The van der Waals surface area contributed by atoms with E-state index in [1.807, 2.05) is 0 Å². The number of aliphatic hydroxyl groups is 2. The van der Waals surface area contributed by atoms with Crippen LogP contribution in [-0.4, -0.2) is 28.9 Å². The van der Waals surface area contributed by atoms with Crippen LogP contribution in [0.1, 0.15) is 34.0 Å². The highest BCUT2D eigenvalue weighted by Crippen LogP contribution is 2.50. The molecule has 2 aromatic rings. The van der Waals surface area contributed by atoms with Gasteiger partial charge in [0.1, 0.15) is 6.29 Å². The van der Waals surface area contributed by atoms with Crippen molar-refractivity contribution in [3.63, 3.8) is 0 Å². The quantitative estimate of drug-likeness (QED) is 0.567. The first kappa shape index (κ1) is 21.9. The summed E-state index contributed by atoms with van der Waals surface area (Å²) in [4.78, 5) is 10.9. The smallest absolute Gasteiger partial charge is 0.392 e. The molecule has 9 heteroatoms. The predicted octanol–water partition coefficient (Wildman–Crippen LogP) is 4.53. The van der Waals surface area contributed by atoms with Gasteiger partial charge in [0.15, 0.2) is 0 Å². The molecule has 0 bridgehead atoms. The lowest BCUT2D eigenvalue weighted by atomic mass is 9.86. The molecular formula is C19H16F6O3. The maximum absolute atomic E-state index is 13.1. The molecule has 2 N–H and O–H groups in total. The van der Waals surface area contributed by atoms with E-state index in [0.29, 0.717) is 41.5 Å². The number of benzene rings is 2. The van der Waals surface area contributed by atoms with Gasteiger partial charge in [-0.2, -0.15) is 26.3 Å². The molecule has 0 radical (unpaired) electrons. The molecule has 0 spiro atoms. The van der Waals surface area contributed by atoms with Crippen LogP contribution in [0, 0.1) is 0 Å². The minimum absolute atomic E-state index is 0.201. The number of halogens is 6.